The lowest BCUT2D eigenvalue weighted by Crippen LogP contribution is -2.30. The van der Waals surface area contributed by atoms with Crippen LogP contribution in [0.25, 0.3) is 0 Å². The number of carbonyl (C=O) groups is 4. The first-order chi connectivity index (χ1) is 50.6. The summed E-state index contributed by atoms with van der Waals surface area (Å²) in [6, 6.07) is 0. The molecule has 0 heterocycles. The van der Waals surface area contributed by atoms with Crippen molar-refractivity contribution < 1.29 is 80.2 Å². The molecule has 0 aromatic heterocycles. The molecule has 0 fully saturated rings. The van der Waals surface area contributed by atoms with E-state index in [4.69, 9.17) is 37.0 Å². The van der Waals surface area contributed by atoms with Gasteiger partial charge in [-0.05, 0) is 57.3 Å². The molecule has 0 amide bonds. The zero-order chi connectivity index (χ0) is 76.2. The van der Waals surface area contributed by atoms with Crippen molar-refractivity contribution in [2.75, 3.05) is 39.6 Å². The quantitative estimate of drug-likeness (QED) is 0.0169. The number of hydrogen-bond acceptors (Lipinski definition) is 15. The highest BCUT2D eigenvalue weighted by Crippen LogP contribution is 2.45. The standard InChI is InChI=1S/C85H162O17P2/c1-6-10-13-16-19-22-25-28-31-33-34-35-37-40-43-46-49-56-61-66-71-84(89)101-80(74-95-82(87)68-63-58-53-47-44-41-39-36-32-29-26-23-20-17-14-11-7-2)76-99-103(91,92)97-72-79(86)73-98-104(93,94)100-77-81(75-96-83(88)69-64-59-54-51-50-52-57-62-67-78(5)9-4)102-85(90)70-65-60-55-48-45-42-38-30-27-24-21-18-15-12-8-3/h24,27,30,38,78-81,86H,6-23,25-26,28-29,31-37,39-77H2,1-5H3,(H,91,92)(H,93,94)/b27-24-,38-30-/t78?,79-,80-,81-/m1/s1. The van der Waals surface area contributed by atoms with Gasteiger partial charge < -0.3 is 33.8 Å². The molecule has 0 saturated heterocycles. The second-order valence-corrected chi connectivity index (χ2v) is 33.0. The Balaban J connectivity index is 5.28. The summed E-state index contributed by atoms with van der Waals surface area (Å²) in [5.74, 6) is -1.36. The van der Waals surface area contributed by atoms with Crippen LogP contribution in [0.1, 0.15) is 433 Å². The van der Waals surface area contributed by atoms with Crippen LogP contribution in [0.4, 0.5) is 0 Å². The van der Waals surface area contributed by atoms with Gasteiger partial charge in [0, 0.05) is 25.7 Å². The maximum atomic E-state index is 13.1. The zero-order valence-corrected chi connectivity index (χ0v) is 69.4. The fraction of sp³-hybridized carbons (Fsp3) is 0.906. The second-order valence-electron chi connectivity index (χ2n) is 30.1. The molecule has 0 rings (SSSR count). The van der Waals surface area contributed by atoms with Crippen LogP contribution in [0, 0.1) is 5.92 Å². The van der Waals surface area contributed by atoms with Crippen LogP contribution in [0.3, 0.4) is 0 Å². The average Bonchev–Trinajstić information content (AvgIpc) is 0.912. The summed E-state index contributed by atoms with van der Waals surface area (Å²) in [4.78, 5) is 73.2. The molecule has 614 valence electrons. The molecule has 0 spiro atoms. The third-order valence-electron chi connectivity index (χ3n) is 19.8. The molecular weight excluding hydrogens is 1350 g/mol. The van der Waals surface area contributed by atoms with Crippen molar-refractivity contribution in [2.45, 2.75) is 451 Å². The third-order valence-corrected chi connectivity index (χ3v) is 21.7. The van der Waals surface area contributed by atoms with Gasteiger partial charge in [0.15, 0.2) is 12.2 Å². The molecule has 0 aliphatic carbocycles. The van der Waals surface area contributed by atoms with Crippen molar-refractivity contribution in [2.24, 2.45) is 5.92 Å². The van der Waals surface area contributed by atoms with E-state index >= 15 is 0 Å². The number of esters is 4. The Hall–Kier alpha value is -2.46. The number of unbranched alkanes of at least 4 members (excludes halogenated alkanes) is 51. The number of rotatable bonds is 83. The fourth-order valence-electron chi connectivity index (χ4n) is 12.7. The molecule has 19 heteroatoms. The van der Waals surface area contributed by atoms with E-state index in [0.717, 1.165) is 109 Å². The number of aliphatic hydroxyl groups excluding tert-OH is 1. The predicted molar refractivity (Wildman–Crippen MR) is 428 cm³/mol. The maximum absolute atomic E-state index is 13.1. The summed E-state index contributed by atoms with van der Waals surface area (Å²) in [7, 11) is -9.94. The lowest BCUT2D eigenvalue weighted by molar-refractivity contribution is -0.161. The van der Waals surface area contributed by atoms with Gasteiger partial charge in [-0.25, -0.2) is 9.13 Å². The summed E-state index contributed by atoms with van der Waals surface area (Å²) >= 11 is 0. The number of phosphoric acid groups is 2. The highest BCUT2D eigenvalue weighted by molar-refractivity contribution is 7.47. The van der Waals surface area contributed by atoms with Crippen LogP contribution < -0.4 is 0 Å². The minimum atomic E-state index is -4.97. The summed E-state index contributed by atoms with van der Waals surface area (Å²) < 4.78 is 68.8. The van der Waals surface area contributed by atoms with Crippen molar-refractivity contribution >= 4 is 39.5 Å². The van der Waals surface area contributed by atoms with E-state index in [1.807, 2.05) is 0 Å². The SMILES string of the molecule is CCCCCC/C=C\C=C/CCCCCCCC(=O)O[C@H](COC(=O)CCCCCCCCCCC(C)CC)COP(=O)(O)OC[C@H](O)COP(=O)(O)OC[C@@H](COC(=O)CCCCCCCCCCCCCCCCCCC)OC(=O)CCCCCCCCCCCCCCCCCCCCCC. The van der Waals surface area contributed by atoms with Crippen molar-refractivity contribution in [3.8, 4) is 0 Å². The molecule has 3 N–H and O–H groups in total. The Kier molecular flexibility index (Phi) is 75.4. The zero-order valence-electron chi connectivity index (χ0n) is 67.7. The molecule has 104 heavy (non-hydrogen) atoms. The summed E-state index contributed by atoms with van der Waals surface area (Å²) in [5, 5.41) is 10.7. The Morgan fingerprint density at radius 1 is 0.308 bits per heavy atom. The van der Waals surface area contributed by atoms with E-state index in [2.05, 4.69) is 58.9 Å². The molecule has 0 aliphatic heterocycles. The molecule has 17 nitrogen and oxygen atoms in total. The van der Waals surface area contributed by atoms with E-state index < -0.39 is 97.5 Å². The molecule has 6 atom stereocenters. The number of carbonyl (C=O) groups excluding carboxylic acids is 4. The number of ether oxygens (including phenoxy) is 4. The molecule has 0 aromatic carbocycles. The van der Waals surface area contributed by atoms with E-state index in [1.165, 1.54) is 244 Å². The minimum absolute atomic E-state index is 0.0851. The number of hydrogen-bond donors (Lipinski definition) is 3. The molecule has 0 radical (unpaired) electrons. The first-order valence-electron chi connectivity index (χ1n) is 43.5. The topological polar surface area (TPSA) is 237 Å². The highest BCUT2D eigenvalue weighted by Gasteiger charge is 2.30. The first kappa shape index (κ1) is 102. The van der Waals surface area contributed by atoms with Crippen LogP contribution in [0.5, 0.6) is 0 Å². The monoisotopic (exact) mass is 1520 g/mol. The molecule has 3 unspecified atom stereocenters. The van der Waals surface area contributed by atoms with Crippen LogP contribution in [-0.4, -0.2) is 96.7 Å². The Bertz CT molecular complexity index is 2080. The van der Waals surface area contributed by atoms with Crippen LogP contribution in [0.2, 0.25) is 0 Å². The summed E-state index contributed by atoms with van der Waals surface area (Å²) in [5.41, 5.74) is 0. The summed E-state index contributed by atoms with van der Waals surface area (Å²) in [6.07, 6.45) is 72.9. The van der Waals surface area contributed by atoms with Crippen molar-refractivity contribution in [1.82, 2.24) is 0 Å². The molecule has 0 saturated carbocycles. The van der Waals surface area contributed by atoms with E-state index in [1.54, 1.807) is 0 Å². The lowest BCUT2D eigenvalue weighted by Gasteiger charge is -2.21. The van der Waals surface area contributed by atoms with Gasteiger partial charge in [0.25, 0.3) is 0 Å². The van der Waals surface area contributed by atoms with E-state index in [9.17, 15) is 43.2 Å². The van der Waals surface area contributed by atoms with Crippen LogP contribution in [0.15, 0.2) is 24.3 Å². The average molecular weight is 1520 g/mol. The second kappa shape index (κ2) is 77.3. The van der Waals surface area contributed by atoms with Gasteiger partial charge in [-0.2, -0.15) is 0 Å². The molecular formula is C85H162O17P2. The van der Waals surface area contributed by atoms with Crippen LogP contribution >= 0.6 is 15.6 Å². The van der Waals surface area contributed by atoms with Gasteiger partial charge in [-0.3, -0.25) is 37.3 Å². The van der Waals surface area contributed by atoms with Crippen molar-refractivity contribution in [1.29, 1.82) is 0 Å². The lowest BCUT2D eigenvalue weighted by atomic mass is 9.99. The van der Waals surface area contributed by atoms with Crippen molar-refractivity contribution in [3.63, 3.8) is 0 Å². The number of phosphoric ester groups is 2. The Morgan fingerprint density at radius 3 is 0.817 bits per heavy atom. The smallest absolute Gasteiger partial charge is 0.462 e. The van der Waals surface area contributed by atoms with Gasteiger partial charge in [-0.15, -0.1) is 0 Å². The predicted octanol–water partition coefficient (Wildman–Crippen LogP) is 25.5. The van der Waals surface area contributed by atoms with Gasteiger partial charge in [-0.1, -0.05) is 380 Å². The van der Waals surface area contributed by atoms with Crippen molar-refractivity contribution in [3.05, 3.63) is 24.3 Å². The fourth-order valence-corrected chi connectivity index (χ4v) is 14.3. The van der Waals surface area contributed by atoms with Gasteiger partial charge in [0.1, 0.15) is 19.3 Å². The first-order valence-corrected chi connectivity index (χ1v) is 46.5. The third kappa shape index (κ3) is 76.3. The number of allylic oxidation sites excluding steroid dienone is 4. The highest BCUT2D eigenvalue weighted by atomic mass is 31.2. The number of aliphatic hydroxyl groups is 1. The molecule has 0 bridgehead atoms. The molecule has 0 aromatic rings. The normalized spacial score (nSPS) is 14.2. The maximum Gasteiger partial charge on any atom is 0.472 e. The van der Waals surface area contributed by atoms with E-state index in [0.29, 0.717) is 25.7 Å². The Labute approximate surface area is 637 Å². The van der Waals surface area contributed by atoms with Gasteiger partial charge >= 0.3 is 39.5 Å². The van der Waals surface area contributed by atoms with Gasteiger partial charge in [0.2, 0.25) is 0 Å². The van der Waals surface area contributed by atoms with E-state index in [-0.39, 0.29) is 25.7 Å². The minimum Gasteiger partial charge on any atom is -0.462 e. The van der Waals surface area contributed by atoms with Crippen LogP contribution in [-0.2, 0) is 65.4 Å². The molecule has 0 aliphatic rings. The van der Waals surface area contributed by atoms with Gasteiger partial charge in [0.05, 0.1) is 26.4 Å². The Morgan fingerprint density at radius 2 is 0.538 bits per heavy atom. The summed E-state index contributed by atoms with van der Waals surface area (Å²) in [6.45, 7) is 7.29. The largest absolute Gasteiger partial charge is 0.472 e.